The summed E-state index contributed by atoms with van der Waals surface area (Å²) in [5, 5.41) is 0. The average Bonchev–Trinajstić information content (AvgIpc) is 2.67. The summed E-state index contributed by atoms with van der Waals surface area (Å²) in [4.78, 5) is 11.7. The number of benzene rings is 1. The Hall–Kier alpha value is -1.51. The molecule has 1 saturated carbocycles. The van der Waals surface area contributed by atoms with Gasteiger partial charge in [0.05, 0.1) is 18.8 Å². The van der Waals surface area contributed by atoms with E-state index in [1.54, 1.807) is 12.1 Å². The van der Waals surface area contributed by atoms with Gasteiger partial charge in [-0.3, -0.25) is 0 Å². The first-order chi connectivity index (χ1) is 12.7. The Bertz CT molecular complexity index is 509. The molecule has 0 radical (unpaired) electrons. The van der Waals surface area contributed by atoms with Crippen LogP contribution in [0.4, 0.5) is 0 Å². The molecule has 1 aliphatic carbocycles. The fourth-order valence-electron chi connectivity index (χ4n) is 4.14. The molecule has 1 aromatic rings. The highest BCUT2D eigenvalue weighted by atomic mass is 16.5. The number of carbonyl (C=O) groups is 1. The molecule has 2 unspecified atom stereocenters. The summed E-state index contributed by atoms with van der Waals surface area (Å²) >= 11 is 0. The van der Waals surface area contributed by atoms with Gasteiger partial charge in [0.1, 0.15) is 5.75 Å². The quantitative estimate of drug-likeness (QED) is 0.338. The van der Waals surface area contributed by atoms with E-state index in [0.29, 0.717) is 12.2 Å². The summed E-state index contributed by atoms with van der Waals surface area (Å²) in [6.45, 7) is 5.26. The molecule has 1 aliphatic rings. The van der Waals surface area contributed by atoms with Gasteiger partial charge >= 0.3 is 5.97 Å². The number of carbonyl (C=O) groups excluding carboxylic acids is 1. The zero-order valence-electron chi connectivity index (χ0n) is 16.7. The van der Waals surface area contributed by atoms with Gasteiger partial charge < -0.3 is 9.47 Å². The molecule has 1 aromatic carbocycles. The minimum Gasteiger partial charge on any atom is -0.494 e. The molecule has 2 atom stereocenters. The molecule has 3 nitrogen and oxygen atoms in total. The van der Waals surface area contributed by atoms with E-state index in [2.05, 4.69) is 6.92 Å². The highest BCUT2D eigenvalue weighted by Crippen LogP contribution is 2.36. The summed E-state index contributed by atoms with van der Waals surface area (Å²) in [5.74, 6) is 2.40. The van der Waals surface area contributed by atoms with E-state index in [9.17, 15) is 4.79 Å². The summed E-state index contributed by atoms with van der Waals surface area (Å²) in [6.07, 6.45) is 13.6. The second-order valence-corrected chi connectivity index (χ2v) is 7.54. The number of hydrogen-bond acceptors (Lipinski definition) is 3. The molecular weight excluding hydrogens is 324 g/mol. The second kappa shape index (κ2) is 12.0. The van der Waals surface area contributed by atoms with Crippen molar-refractivity contribution in [3.05, 3.63) is 29.8 Å². The van der Waals surface area contributed by atoms with Crippen LogP contribution in [0.1, 0.15) is 88.4 Å². The number of ether oxygens (including phenoxy) is 2. The van der Waals surface area contributed by atoms with Crippen LogP contribution in [-0.4, -0.2) is 19.2 Å². The molecule has 0 heterocycles. The first-order valence-corrected chi connectivity index (χ1v) is 10.6. The van der Waals surface area contributed by atoms with Crippen LogP contribution in [0.5, 0.6) is 5.75 Å². The minimum atomic E-state index is -0.273. The van der Waals surface area contributed by atoms with Gasteiger partial charge in [0.15, 0.2) is 0 Å². The summed E-state index contributed by atoms with van der Waals surface area (Å²) < 4.78 is 10.9. The van der Waals surface area contributed by atoms with Gasteiger partial charge in [0, 0.05) is 0 Å². The van der Waals surface area contributed by atoms with Crippen molar-refractivity contribution < 1.29 is 14.3 Å². The maximum absolute atomic E-state index is 11.7. The van der Waals surface area contributed by atoms with E-state index < -0.39 is 0 Å². The lowest BCUT2D eigenvalue weighted by Gasteiger charge is -2.31. The smallest absolute Gasteiger partial charge is 0.338 e. The normalized spacial score (nSPS) is 19.9. The first kappa shape index (κ1) is 20.8. The van der Waals surface area contributed by atoms with Crippen LogP contribution in [0.3, 0.4) is 0 Å². The Morgan fingerprint density at radius 1 is 0.962 bits per heavy atom. The predicted octanol–water partition coefficient (Wildman–Crippen LogP) is 6.41. The minimum absolute atomic E-state index is 0.273. The van der Waals surface area contributed by atoms with Gasteiger partial charge in [-0.25, -0.2) is 4.79 Å². The maximum atomic E-state index is 11.7. The third-order valence-corrected chi connectivity index (χ3v) is 5.60. The molecule has 146 valence electrons. The Morgan fingerprint density at radius 3 is 2.23 bits per heavy atom. The highest BCUT2D eigenvalue weighted by Gasteiger charge is 2.24. The van der Waals surface area contributed by atoms with Crippen LogP contribution in [0.15, 0.2) is 24.3 Å². The van der Waals surface area contributed by atoms with Gasteiger partial charge in [-0.05, 0) is 55.9 Å². The lowest BCUT2D eigenvalue weighted by atomic mass is 9.74. The SMILES string of the molecule is CCCCCC1CCCCC1CCCOc1ccc(C(=O)OCC)cc1. The maximum Gasteiger partial charge on any atom is 0.338 e. The fourth-order valence-corrected chi connectivity index (χ4v) is 4.14. The zero-order valence-corrected chi connectivity index (χ0v) is 16.7. The van der Waals surface area contributed by atoms with E-state index in [-0.39, 0.29) is 5.97 Å². The topological polar surface area (TPSA) is 35.5 Å². The lowest BCUT2D eigenvalue weighted by molar-refractivity contribution is 0.0526. The molecule has 1 fully saturated rings. The number of rotatable bonds is 11. The van der Waals surface area contributed by atoms with E-state index in [1.807, 2.05) is 19.1 Å². The molecule has 0 spiro atoms. The number of unbranched alkanes of at least 4 members (excludes halogenated alkanes) is 2. The van der Waals surface area contributed by atoms with Gasteiger partial charge in [-0.1, -0.05) is 58.3 Å². The van der Waals surface area contributed by atoms with Crippen molar-refractivity contribution in [3.8, 4) is 5.75 Å². The lowest BCUT2D eigenvalue weighted by Crippen LogP contribution is -2.20. The van der Waals surface area contributed by atoms with E-state index in [4.69, 9.17) is 9.47 Å². The van der Waals surface area contributed by atoms with Crippen LogP contribution < -0.4 is 4.74 Å². The molecule has 0 N–H and O–H groups in total. The summed E-state index contributed by atoms with van der Waals surface area (Å²) in [7, 11) is 0. The van der Waals surface area contributed by atoms with Gasteiger partial charge in [-0.2, -0.15) is 0 Å². The van der Waals surface area contributed by atoms with Crippen molar-refractivity contribution in [1.29, 1.82) is 0 Å². The van der Waals surface area contributed by atoms with Crippen LogP contribution >= 0.6 is 0 Å². The predicted molar refractivity (Wildman–Crippen MR) is 107 cm³/mol. The van der Waals surface area contributed by atoms with Crippen molar-refractivity contribution in [2.75, 3.05) is 13.2 Å². The van der Waals surface area contributed by atoms with Crippen molar-refractivity contribution >= 4 is 5.97 Å². The molecule has 3 heteroatoms. The van der Waals surface area contributed by atoms with Gasteiger partial charge in [0.25, 0.3) is 0 Å². The molecule has 0 aliphatic heterocycles. The average molecular weight is 361 g/mol. The molecule has 0 bridgehead atoms. The Morgan fingerprint density at radius 2 is 1.62 bits per heavy atom. The van der Waals surface area contributed by atoms with Crippen molar-refractivity contribution in [3.63, 3.8) is 0 Å². The molecule has 0 aromatic heterocycles. The summed E-state index contributed by atoms with van der Waals surface area (Å²) in [5.41, 5.74) is 0.580. The van der Waals surface area contributed by atoms with Crippen molar-refractivity contribution in [2.45, 2.75) is 78.1 Å². The van der Waals surface area contributed by atoms with Crippen LogP contribution in [-0.2, 0) is 4.74 Å². The van der Waals surface area contributed by atoms with E-state index >= 15 is 0 Å². The van der Waals surface area contributed by atoms with Crippen LogP contribution in [0, 0.1) is 11.8 Å². The Labute approximate surface area is 159 Å². The van der Waals surface area contributed by atoms with Gasteiger partial charge in [-0.15, -0.1) is 0 Å². The summed E-state index contributed by atoms with van der Waals surface area (Å²) in [6, 6.07) is 7.28. The Kier molecular flexibility index (Phi) is 9.58. The highest BCUT2D eigenvalue weighted by molar-refractivity contribution is 5.89. The third-order valence-electron chi connectivity index (χ3n) is 5.60. The molecule has 0 saturated heterocycles. The molecular formula is C23H36O3. The zero-order chi connectivity index (χ0) is 18.6. The van der Waals surface area contributed by atoms with Gasteiger partial charge in [0.2, 0.25) is 0 Å². The molecule has 0 amide bonds. The molecule has 2 rings (SSSR count). The first-order valence-electron chi connectivity index (χ1n) is 10.6. The van der Waals surface area contributed by atoms with E-state index in [1.165, 1.54) is 57.8 Å². The standard InChI is InChI=1S/C23H36O3/c1-3-5-6-10-19-11-7-8-12-20(19)13-9-18-26-22-16-14-21(15-17-22)23(24)25-4-2/h14-17,19-20H,3-13,18H2,1-2H3. The van der Waals surface area contributed by atoms with Crippen LogP contribution in [0.25, 0.3) is 0 Å². The Balaban J connectivity index is 1.69. The third kappa shape index (κ3) is 7.01. The second-order valence-electron chi connectivity index (χ2n) is 7.54. The van der Waals surface area contributed by atoms with Crippen LogP contribution in [0.2, 0.25) is 0 Å². The largest absolute Gasteiger partial charge is 0.494 e. The monoisotopic (exact) mass is 360 g/mol. The van der Waals surface area contributed by atoms with Crippen molar-refractivity contribution in [1.82, 2.24) is 0 Å². The van der Waals surface area contributed by atoms with Crippen molar-refractivity contribution in [2.24, 2.45) is 11.8 Å². The van der Waals surface area contributed by atoms with E-state index in [0.717, 1.165) is 30.6 Å². The number of esters is 1. The number of hydrogen-bond donors (Lipinski definition) is 0. The fraction of sp³-hybridized carbons (Fsp3) is 0.696. The molecule has 26 heavy (non-hydrogen) atoms.